The molecule has 0 bridgehead atoms. The molecule has 1 atom stereocenters. The summed E-state index contributed by atoms with van der Waals surface area (Å²) in [5.41, 5.74) is 3.46. The maximum atomic E-state index is 12.8. The van der Waals surface area contributed by atoms with Crippen LogP contribution in [0.4, 0.5) is 0 Å². The van der Waals surface area contributed by atoms with E-state index in [-0.39, 0.29) is 36.8 Å². The van der Waals surface area contributed by atoms with Crippen molar-refractivity contribution >= 4 is 47.3 Å². The van der Waals surface area contributed by atoms with E-state index in [1.54, 1.807) is 4.90 Å². The molecule has 3 aromatic rings. The number of hydrogen-bond donors (Lipinski definition) is 1. The topological polar surface area (TPSA) is 69.3 Å². The van der Waals surface area contributed by atoms with Crippen molar-refractivity contribution < 1.29 is 9.59 Å². The molecule has 1 aliphatic rings. The van der Waals surface area contributed by atoms with Gasteiger partial charge >= 0.3 is 0 Å². The summed E-state index contributed by atoms with van der Waals surface area (Å²) >= 11 is 0. The molecule has 162 valence electrons. The zero-order chi connectivity index (χ0) is 21.1. The highest BCUT2D eigenvalue weighted by Gasteiger charge is 2.29. The molecule has 31 heavy (non-hydrogen) atoms. The van der Waals surface area contributed by atoms with E-state index in [9.17, 15) is 9.59 Å². The number of benzene rings is 2. The first-order valence-electron chi connectivity index (χ1n) is 10.4. The lowest BCUT2D eigenvalue weighted by molar-refractivity contribution is -0.137. The molecule has 1 aliphatic heterocycles. The number of aromatic amines is 1. The fraction of sp³-hybridized carbons (Fsp3) is 0.292. The molecule has 7 heteroatoms. The van der Waals surface area contributed by atoms with Crippen molar-refractivity contribution in [3.8, 4) is 0 Å². The molecule has 0 aliphatic carbocycles. The van der Waals surface area contributed by atoms with Crippen LogP contribution in [0.15, 0.2) is 48.5 Å². The predicted molar refractivity (Wildman–Crippen MR) is 126 cm³/mol. The van der Waals surface area contributed by atoms with Gasteiger partial charge in [-0.05, 0) is 43.2 Å². The smallest absolute Gasteiger partial charge is 0.254 e. The van der Waals surface area contributed by atoms with Crippen molar-refractivity contribution in [3.63, 3.8) is 0 Å². The second-order valence-corrected chi connectivity index (χ2v) is 7.68. The summed E-state index contributed by atoms with van der Waals surface area (Å²) in [6.07, 6.45) is 4.86. The number of carbonyl (C=O) groups is 2. The van der Waals surface area contributed by atoms with E-state index < -0.39 is 0 Å². The average Bonchev–Trinajstić information content (AvgIpc) is 3.20. The van der Waals surface area contributed by atoms with E-state index in [1.807, 2.05) is 72.5 Å². The van der Waals surface area contributed by atoms with Gasteiger partial charge in [0.2, 0.25) is 5.91 Å². The third kappa shape index (κ3) is 4.80. The number of fused-ring (bicyclic) bond motifs is 1. The summed E-state index contributed by atoms with van der Waals surface area (Å²) in [6, 6.07) is 15.7. The van der Waals surface area contributed by atoms with Gasteiger partial charge in [0.1, 0.15) is 6.54 Å². The zero-order valence-corrected chi connectivity index (χ0v) is 18.6. The molecule has 0 radical (unpaired) electrons. The normalized spacial score (nSPS) is 15.4. The van der Waals surface area contributed by atoms with Crippen LogP contribution in [0.1, 0.15) is 41.9 Å². The van der Waals surface area contributed by atoms with Crippen molar-refractivity contribution in [1.29, 1.82) is 0 Å². The van der Waals surface area contributed by atoms with Crippen molar-refractivity contribution in [1.82, 2.24) is 20.0 Å². The SMILES string of the molecule is CCC(C)N1CCN(C(=O)c2ccc(C=Cc3n[nH]c4ccccc34)cc2)CC1=O.Cl. The first-order chi connectivity index (χ1) is 14.6. The van der Waals surface area contributed by atoms with E-state index in [4.69, 9.17) is 0 Å². The van der Waals surface area contributed by atoms with E-state index in [1.165, 1.54) is 0 Å². The number of piperazine rings is 1. The van der Waals surface area contributed by atoms with Crippen molar-refractivity contribution in [3.05, 3.63) is 65.4 Å². The minimum atomic E-state index is -0.0963. The number of hydrogen-bond acceptors (Lipinski definition) is 3. The fourth-order valence-corrected chi connectivity index (χ4v) is 3.75. The summed E-state index contributed by atoms with van der Waals surface area (Å²) in [7, 11) is 0. The van der Waals surface area contributed by atoms with Crippen molar-refractivity contribution in [2.45, 2.75) is 26.3 Å². The van der Waals surface area contributed by atoms with Crippen LogP contribution in [0, 0.1) is 0 Å². The van der Waals surface area contributed by atoms with E-state index in [2.05, 4.69) is 17.1 Å². The lowest BCUT2D eigenvalue weighted by atomic mass is 10.1. The number of nitrogens with zero attached hydrogens (tertiary/aromatic N) is 3. The molecule has 1 fully saturated rings. The Hall–Kier alpha value is -3.12. The summed E-state index contributed by atoms with van der Waals surface area (Å²) in [4.78, 5) is 28.7. The van der Waals surface area contributed by atoms with E-state index >= 15 is 0 Å². The Morgan fingerprint density at radius 3 is 2.58 bits per heavy atom. The molecular formula is C24H27ClN4O2. The van der Waals surface area contributed by atoms with Gasteiger partial charge in [-0.15, -0.1) is 12.4 Å². The number of nitrogens with one attached hydrogen (secondary N) is 1. The molecular weight excluding hydrogens is 412 g/mol. The van der Waals surface area contributed by atoms with Gasteiger partial charge in [-0.1, -0.05) is 43.3 Å². The number of carbonyl (C=O) groups excluding carboxylic acids is 2. The van der Waals surface area contributed by atoms with Crippen LogP contribution < -0.4 is 0 Å². The number of aromatic nitrogens is 2. The number of rotatable bonds is 5. The predicted octanol–water partition coefficient (Wildman–Crippen LogP) is 4.24. The third-order valence-corrected chi connectivity index (χ3v) is 5.76. The van der Waals surface area contributed by atoms with Crippen molar-refractivity contribution in [2.24, 2.45) is 0 Å². The van der Waals surface area contributed by atoms with Gasteiger partial charge in [-0.25, -0.2) is 0 Å². The van der Waals surface area contributed by atoms with Gasteiger partial charge in [0, 0.05) is 30.1 Å². The average molecular weight is 439 g/mol. The quantitative estimate of drug-likeness (QED) is 0.647. The zero-order valence-electron chi connectivity index (χ0n) is 17.7. The molecule has 4 rings (SSSR count). The Balaban J connectivity index is 0.00000272. The van der Waals surface area contributed by atoms with Gasteiger partial charge in [-0.2, -0.15) is 5.10 Å². The Morgan fingerprint density at radius 2 is 1.87 bits per heavy atom. The van der Waals surface area contributed by atoms with E-state index in [0.29, 0.717) is 18.7 Å². The maximum Gasteiger partial charge on any atom is 0.254 e. The summed E-state index contributed by atoms with van der Waals surface area (Å²) in [5.74, 6) is -0.0734. The lowest BCUT2D eigenvalue weighted by Gasteiger charge is -2.37. The largest absolute Gasteiger partial charge is 0.337 e. The van der Waals surface area contributed by atoms with Crippen LogP contribution in [-0.4, -0.2) is 57.5 Å². The minimum Gasteiger partial charge on any atom is -0.337 e. The Morgan fingerprint density at radius 1 is 1.13 bits per heavy atom. The standard InChI is InChI=1S/C24H26N4O2.ClH/c1-3-17(2)28-15-14-27(16-23(28)29)24(30)19-11-8-18(9-12-19)10-13-22-20-6-4-5-7-21(20)25-26-22;/h4-13,17H,3,14-16H2,1-2H3,(H,25,26);1H. The molecule has 1 saturated heterocycles. The van der Waals surface area contributed by atoms with Crippen LogP contribution >= 0.6 is 12.4 Å². The second kappa shape index (κ2) is 9.79. The highest BCUT2D eigenvalue weighted by atomic mass is 35.5. The molecule has 0 saturated carbocycles. The Labute approximate surface area is 188 Å². The van der Waals surface area contributed by atoms with Gasteiger partial charge in [0.25, 0.3) is 5.91 Å². The van der Waals surface area contributed by atoms with Crippen molar-refractivity contribution in [2.75, 3.05) is 19.6 Å². The minimum absolute atomic E-state index is 0. The van der Waals surface area contributed by atoms with Gasteiger partial charge < -0.3 is 9.80 Å². The van der Waals surface area contributed by atoms with Gasteiger partial charge in [-0.3, -0.25) is 14.7 Å². The second-order valence-electron chi connectivity index (χ2n) is 7.68. The number of para-hydroxylation sites is 1. The highest BCUT2D eigenvalue weighted by molar-refractivity contribution is 5.97. The number of amides is 2. The summed E-state index contributed by atoms with van der Waals surface area (Å²) in [6.45, 7) is 5.44. The molecule has 1 unspecified atom stereocenters. The van der Waals surface area contributed by atoms with Crippen LogP contribution in [0.25, 0.3) is 23.1 Å². The number of halogens is 1. The molecule has 2 heterocycles. The summed E-state index contributed by atoms with van der Waals surface area (Å²) < 4.78 is 0. The molecule has 2 amide bonds. The first kappa shape index (κ1) is 22.6. The third-order valence-electron chi connectivity index (χ3n) is 5.76. The van der Waals surface area contributed by atoms with E-state index in [0.717, 1.165) is 28.6 Å². The molecule has 1 aromatic heterocycles. The van der Waals surface area contributed by atoms with Crippen LogP contribution in [0.3, 0.4) is 0 Å². The van der Waals surface area contributed by atoms with Gasteiger partial charge in [0.05, 0.1) is 11.2 Å². The first-order valence-corrected chi connectivity index (χ1v) is 10.4. The number of H-pyrrole nitrogens is 1. The highest BCUT2D eigenvalue weighted by Crippen LogP contribution is 2.18. The maximum absolute atomic E-state index is 12.8. The molecule has 0 spiro atoms. The monoisotopic (exact) mass is 438 g/mol. The fourth-order valence-electron chi connectivity index (χ4n) is 3.75. The lowest BCUT2D eigenvalue weighted by Crippen LogP contribution is -2.54. The van der Waals surface area contributed by atoms with Crippen LogP contribution in [0.2, 0.25) is 0 Å². The Kier molecular flexibility index (Phi) is 7.13. The summed E-state index contributed by atoms with van der Waals surface area (Å²) in [5, 5.41) is 8.43. The van der Waals surface area contributed by atoms with Gasteiger partial charge in [0.15, 0.2) is 0 Å². The molecule has 1 N–H and O–H groups in total. The molecule has 6 nitrogen and oxygen atoms in total. The molecule has 2 aromatic carbocycles. The van der Waals surface area contributed by atoms with Crippen LogP contribution in [-0.2, 0) is 4.79 Å². The Bertz CT molecular complexity index is 1090. The van der Waals surface area contributed by atoms with Crippen LogP contribution in [0.5, 0.6) is 0 Å².